The number of carbonyl (C=O) groups is 2. The number of allylic oxidation sites excluding steroid dienone is 2. The first-order valence-corrected chi connectivity index (χ1v) is 5.31. The van der Waals surface area contributed by atoms with Gasteiger partial charge in [-0.15, -0.1) is 0 Å². The standard InChI is InChI=1S/C11H12N2O2S/c14-9-5-1-3-7-12-11(16)13-8-4-2-6-10(13)15/h1-3,6-7,9H,4-5,8H2/b3-1-,12-7?. The molecule has 1 aliphatic rings. The van der Waals surface area contributed by atoms with E-state index in [2.05, 4.69) is 4.99 Å². The fraction of sp³-hybridized carbons (Fsp3) is 0.273. The minimum atomic E-state index is -0.134. The molecule has 84 valence electrons. The number of rotatable bonds is 3. The van der Waals surface area contributed by atoms with E-state index in [1.165, 1.54) is 17.2 Å². The lowest BCUT2D eigenvalue weighted by molar-refractivity contribution is -0.122. The van der Waals surface area contributed by atoms with Gasteiger partial charge < -0.3 is 4.79 Å². The van der Waals surface area contributed by atoms with Crippen molar-refractivity contribution < 1.29 is 9.59 Å². The van der Waals surface area contributed by atoms with Crippen molar-refractivity contribution in [1.82, 2.24) is 4.90 Å². The van der Waals surface area contributed by atoms with Gasteiger partial charge in [-0.05, 0) is 30.8 Å². The van der Waals surface area contributed by atoms with Gasteiger partial charge in [-0.25, -0.2) is 4.99 Å². The molecule has 0 aromatic rings. The molecule has 0 fully saturated rings. The van der Waals surface area contributed by atoms with Crippen molar-refractivity contribution in [2.45, 2.75) is 12.8 Å². The summed E-state index contributed by atoms with van der Waals surface area (Å²) in [5.41, 5.74) is 0. The van der Waals surface area contributed by atoms with Gasteiger partial charge in [0, 0.05) is 19.2 Å². The first-order chi connectivity index (χ1) is 7.75. The smallest absolute Gasteiger partial charge is 0.252 e. The molecule has 16 heavy (non-hydrogen) atoms. The summed E-state index contributed by atoms with van der Waals surface area (Å²) in [7, 11) is 0. The van der Waals surface area contributed by atoms with Gasteiger partial charge in [0.1, 0.15) is 6.29 Å². The Morgan fingerprint density at radius 3 is 3.12 bits per heavy atom. The molecule has 0 saturated heterocycles. The fourth-order valence-electron chi connectivity index (χ4n) is 1.15. The highest BCUT2D eigenvalue weighted by Gasteiger charge is 2.16. The van der Waals surface area contributed by atoms with Crippen LogP contribution in [0.3, 0.4) is 0 Å². The van der Waals surface area contributed by atoms with Crippen molar-refractivity contribution in [2.75, 3.05) is 6.54 Å². The van der Waals surface area contributed by atoms with Gasteiger partial charge in [0.25, 0.3) is 5.91 Å². The third-order valence-corrected chi connectivity index (χ3v) is 2.24. The van der Waals surface area contributed by atoms with Crippen LogP contribution < -0.4 is 0 Å². The number of hydrogen-bond donors (Lipinski definition) is 0. The summed E-state index contributed by atoms with van der Waals surface area (Å²) in [6, 6.07) is 0. The second-order valence-corrected chi connectivity index (χ2v) is 3.44. The molecular weight excluding hydrogens is 224 g/mol. The van der Waals surface area contributed by atoms with Gasteiger partial charge >= 0.3 is 0 Å². The number of hydrogen-bond acceptors (Lipinski definition) is 3. The summed E-state index contributed by atoms with van der Waals surface area (Å²) in [6.07, 6.45) is 10.0. The Morgan fingerprint density at radius 1 is 1.62 bits per heavy atom. The number of nitrogens with zero attached hydrogens (tertiary/aromatic N) is 2. The first-order valence-electron chi connectivity index (χ1n) is 4.90. The van der Waals surface area contributed by atoms with Crippen LogP contribution in [0, 0.1) is 0 Å². The summed E-state index contributed by atoms with van der Waals surface area (Å²) in [6.45, 7) is 0.573. The highest BCUT2D eigenvalue weighted by Crippen LogP contribution is 2.04. The molecule has 0 N–H and O–H groups in total. The monoisotopic (exact) mass is 236 g/mol. The van der Waals surface area contributed by atoms with Crippen LogP contribution in [0.4, 0.5) is 0 Å². The molecule has 1 heterocycles. The third kappa shape index (κ3) is 3.86. The van der Waals surface area contributed by atoms with Crippen molar-refractivity contribution in [1.29, 1.82) is 0 Å². The maximum atomic E-state index is 11.4. The molecular formula is C11H12N2O2S. The summed E-state index contributed by atoms with van der Waals surface area (Å²) in [4.78, 5) is 26.8. The minimum Gasteiger partial charge on any atom is -0.303 e. The topological polar surface area (TPSA) is 49.7 Å². The Labute approximate surface area is 99.3 Å². The van der Waals surface area contributed by atoms with Gasteiger partial charge in [-0.2, -0.15) is 0 Å². The maximum absolute atomic E-state index is 11.4. The number of thiocarbonyl (C=S) groups is 1. The predicted molar refractivity (Wildman–Crippen MR) is 66.4 cm³/mol. The van der Waals surface area contributed by atoms with E-state index in [4.69, 9.17) is 12.2 Å². The van der Waals surface area contributed by atoms with Gasteiger partial charge in [0.2, 0.25) is 5.11 Å². The highest BCUT2D eigenvalue weighted by molar-refractivity contribution is 7.80. The summed E-state index contributed by atoms with van der Waals surface area (Å²) in [5.74, 6) is -0.134. The van der Waals surface area contributed by atoms with Gasteiger partial charge in [0.15, 0.2) is 0 Å². The van der Waals surface area contributed by atoms with E-state index in [-0.39, 0.29) is 11.0 Å². The maximum Gasteiger partial charge on any atom is 0.252 e. The average Bonchev–Trinajstić information content (AvgIpc) is 2.29. The largest absolute Gasteiger partial charge is 0.303 e. The SMILES string of the molecule is O=CC/C=C\C=NC(=S)N1CCC=CC1=O. The molecule has 5 heteroatoms. The van der Waals surface area contributed by atoms with E-state index in [0.717, 1.165) is 12.7 Å². The highest BCUT2D eigenvalue weighted by atomic mass is 32.1. The zero-order valence-electron chi connectivity index (χ0n) is 8.70. The minimum absolute atomic E-state index is 0.134. The van der Waals surface area contributed by atoms with Crippen molar-refractivity contribution in [3.63, 3.8) is 0 Å². The molecule has 0 aliphatic carbocycles. The van der Waals surface area contributed by atoms with E-state index < -0.39 is 0 Å². The normalized spacial score (nSPS) is 16.2. The van der Waals surface area contributed by atoms with Crippen LogP contribution in [-0.2, 0) is 9.59 Å². The third-order valence-electron chi connectivity index (χ3n) is 1.92. The summed E-state index contributed by atoms with van der Waals surface area (Å²) < 4.78 is 0. The summed E-state index contributed by atoms with van der Waals surface area (Å²) >= 11 is 5.00. The second kappa shape index (κ2) is 6.79. The van der Waals surface area contributed by atoms with Crippen molar-refractivity contribution in [2.24, 2.45) is 4.99 Å². The lowest BCUT2D eigenvalue weighted by atomic mass is 10.2. The summed E-state index contributed by atoms with van der Waals surface area (Å²) in [5, 5.41) is 0.255. The Balaban J connectivity index is 2.48. The number of carbonyl (C=O) groups excluding carboxylic acids is 2. The van der Waals surface area contributed by atoms with Crippen molar-refractivity contribution in [3.8, 4) is 0 Å². The van der Waals surface area contributed by atoms with Crippen molar-refractivity contribution >= 4 is 35.7 Å². The Kier molecular flexibility index (Phi) is 5.28. The van der Waals surface area contributed by atoms with Gasteiger partial charge in [0.05, 0.1) is 0 Å². The van der Waals surface area contributed by atoms with E-state index >= 15 is 0 Å². The van der Waals surface area contributed by atoms with Crippen LogP contribution in [0.15, 0.2) is 29.3 Å². The Hall–Kier alpha value is -1.62. The molecule has 1 amide bonds. The van der Waals surface area contributed by atoms with E-state index in [1.54, 1.807) is 12.2 Å². The number of aldehydes is 1. The molecule has 0 saturated carbocycles. The van der Waals surface area contributed by atoms with Crippen LogP contribution in [0.1, 0.15) is 12.8 Å². The van der Waals surface area contributed by atoms with Crippen LogP contribution >= 0.6 is 12.2 Å². The van der Waals surface area contributed by atoms with Crippen LogP contribution in [0.25, 0.3) is 0 Å². The van der Waals surface area contributed by atoms with E-state index in [1.807, 2.05) is 6.08 Å². The van der Waals surface area contributed by atoms with Gasteiger partial charge in [-0.3, -0.25) is 9.69 Å². The van der Waals surface area contributed by atoms with Crippen LogP contribution in [0.5, 0.6) is 0 Å². The molecule has 0 spiro atoms. The molecule has 0 radical (unpaired) electrons. The molecule has 1 aliphatic heterocycles. The van der Waals surface area contributed by atoms with Crippen molar-refractivity contribution in [3.05, 3.63) is 24.3 Å². The van der Waals surface area contributed by atoms with Crippen LogP contribution in [-0.4, -0.2) is 35.0 Å². The lowest BCUT2D eigenvalue weighted by Crippen LogP contribution is -2.36. The molecule has 0 aromatic carbocycles. The molecule has 4 nitrogen and oxygen atoms in total. The predicted octanol–water partition coefficient (Wildman–Crippen LogP) is 1.28. The quantitative estimate of drug-likeness (QED) is 0.421. The van der Waals surface area contributed by atoms with E-state index in [0.29, 0.717) is 13.0 Å². The second-order valence-electron chi connectivity index (χ2n) is 3.07. The molecule has 0 unspecified atom stereocenters. The molecule has 1 rings (SSSR count). The molecule has 0 atom stereocenters. The Bertz CT molecular complexity index is 372. The zero-order chi connectivity index (χ0) is 11.8. The zero-order valence-corrected chi connectivity index (χ0v) is 9.52. The number of amides is 1. The first kappa shape index (κ1) is 12.4. The van der Waals surface area contributed by atoms with Gasteiger partial charge in [-0.1, -0.05) is 12.2 Å². The van der Waals surface area contributed by atoms with Crippen LogP contribution in [0.2, 0.25) is 0 Å². The Morgan fingerprint density at radius 2 is 2.44 bits per heavy atom. The fourth-order valence-corrected chi connectivity index (χ4v) is 1.39. The lowest BCUT2D eigenvalue weighted by Gasteiger charge is -2.20. The number of aliphatic imine (C=N–C) groups is 1. The molecule has 0 bridgehead atoms. The molecule has 0 aromatic heterocycles. The van der Waals surface area contributed by atoms with E-state index in [9.17, 15) is 9.59 Å². The average molecular weight is 236 g/mol.